The molecule has 0 atom stereocenters. The summed E-state index contributed by atoms with van der Waals surface area (Å²) in [6.07, 6.45) is 1.51. The summed E-state index contributed by atoms with van der Waals surface area (Å²) in [5.74, 6) is 0.769. The van der Waals surface area contributed by atoms with Crippen LogP contribution in [-0.2, 0) is 0 Å². The molecule has 4 aromatic rings. The van der Waals surface area contributed by atoms with Gasteiger partial charge in [-0.2, -0.15) is 0 Å². The minimum atomic E-state index is -0.284. The Kier molecular flexibility index (Phi) is 5.67. The van der Waals surface area contributed by atoms with Crippen LogP contribution in [0, 0.1) is 6.92 Å². The quantitative estimate of drug-likeness (QED) is 0.463. The van der Waals surface area contributed by atoms with Gasteiger partial charge in [-0.05, 0) is 19.1 Å². The van der Waals surface area contributed by atoms with Crippen LogP contribution >= 0.6 is 11.3 Å². The predicted molar refractivity (Wildman–Crippen MR) is 119 cm³/mol. The second-order valence-electron chi connectivity index (χ2n) is 6.41. The number of benzene rings is 2. The average Bonchev–Trinajstić information content (AvgIpc) is 3.23. The highest BCUT2D eigenvalue weighted by Gasteiger charge is 2.13. The second-order valence-corrected chi connectivity index (χ2v) is 7.27. The van der Waals surface area contributed by atoms with E-state index in [0.29, 0.717) is 33.8 Å². The second kappa shape index (κ2) is 8.71. The average molecular weight is 417 g/mol. The summed E-state index contributed by atoms with van der Waals surface area (Å²) >= 11 is 1.47. The lowest BCUT2D eigenvalue weighted by atomic mass is 10.2. The lowest BCUT2D eigenvalue weighted by Crippen LogP contribution is -2.15. The number of aryl methyl sites for hydroxylation is 1. The molecular weight excluding hydrogens is 398 g/mol. The molecule has 150 valence electrons. The number of thiazole rings is 1. The molecule has 2 N–H and O–H groups in total. The first kappa shape index (κ1) is 19.5. The largest absolute Gasteiger partial charge is 0.497 e. The van der Waals surface area contributed by atoms with Gasteiger partial charge in [0, 0.05) is 28.9 Å². The van der Waals surface area contributed by atoms with Crippen molar-refractivity contribution in [1.82, 2.24) is 15.0 Å². The third-order valence-corrected chi connectivity index (χ3v) is 5.10. The first-order chi connectivity index (χ1) is 14.6. The van der Waals surface area contributed by atoms with Crippen molar-refractivity contribution in [3.8, 4) is 17.0 Å². The summed E-state index contributed by atoms with van der Waals surface area (Å²) in [4.78, 5) is 25.9. The van der Waals surface area contributed by atoms with E-state index in [9.17, 15) is 4.79 Å². The van der Waals surface area contributed by atoms with Crippen molar-refractivity contribution in [2.75, 3.05) is 17.7 Å². The normalized spacial score (nSPS) is 10.5. The van der Waals surface area contributed by atoms with Crippen LogP contribution in [0.25, 0.3) is 11.3 Å². The van der Waals surface area contributed by atoms with Gasteiger partial charge in [0.25, 0.3) is 5.91 Å². The minimum Gasteiger partial charge on any atom is -0.497 e. The summed E-state index contributed by atoms with van der Waals surface area (Å²) in [5, 5.41) is 8.59. The summed E-state index contributed by atoms with van der Waals surface area (Å²) < 4.78 is 5.18. The fourth-order valence-corrected chi connectivity index (χ4v) is 3.53. The topological polar surface area (TPSA) is 89.0 Å². The summed E-state index contributed by atoms with van der Waals surface area (Å²) in [7, 11) is 1.58. The zero-order valence-electron chi connectivity index (χ0n) is 16.4. The molecule has 0 saturated heterocycles. The number of rotatable bonds is 6. The number of amides is 1. The van der Waals surface area contributed by atoms with Crippen LogP contribution in [0.5, 0.6) is 5.75 Å². The van der Waals surface area contributed by atoms with E-state index in [1.165, 1.54) is 17.5 Å². The molecule has 0 fully saturated rings. The number of hydrogen-bond donors (Lipinski definition) is 2. The molecule has 0 aliphatic carbocycles. The minimum absolute atomic E-state index is 0.284. The predicted octanol–water partition coefficient (Wildman–Crippen LogP) is 4.91. The zero-order valence-corrected chi connectivity index (χ0v) is 17.2. The van der Waals surface area contributed by atoms with Gasteiger partial charge >= 0.3 is 0 Å². The van der Waals surface area contributed by atoms with Gasteiger partial charge in [0.1, 0.15) is 5.75 Å². The molecule has 0 aliphatic heterocycles. The van der Waals surface area contributed by atoms with E-state index in [2.05, 4.69) is 25.6 Å². The molecule has 0 unspecified atom stereocenters. The molecule has 30 heavy (non-hydrogen) atoms. The molecule has 1 amide bonds. The third-order valence-electron chi connectivity index (χ3n) is 4.34. The van der Waals surface area contributed by atoms with Crippen LogP contribution in [0.1, 0.15) is 16.1 Å². The van der Waals surface area contributed by atoms with Crippen molar-refractivity contribution in [2.45, 2.75) is 6.92 Å². The molecule has 7 nitrogen and oxygen atoms in total. The molecule has 2 aromatic heterocycles. The molecule has 4 rings (SSSR count). The zero-order chi connectivity index (χ0) is 20.9. The Labute approximate surface area is 177 Å². The number of methoxy groups -OCH3 is 1. The Hall–Kier alpha value is -3.78. The third kappa shape index (κ3) is 4.44. The van der Waals surface area contributed by atoms with Crippen molar-refractivity contribution in [3.63, 3.8) is 0 Å². The van der Waals surface area contributed by atoms with E-state index in [-0.39, 0.29) is 5.91 Å². The standard InChI is InChI=1S/C22H19N5O2S/c1-14-18(20(28)25-16-9-6-10-17(11-16)29-2)12-23-21(24-14)27-22-26-19(13-30-22)15-7-4-3-5-8-15/h3-13H,1-2H3,(H,25,28)(H,23,24,26,27). The van der Waals surface area contributed by atoms with Crippen molar-refractivity contribution < 1.29 is 9.53 Å². The Balaban J connectivity index is 1.46. The molecule has 2 heterocycles. The Bertz CT molecular complexity index is 1180. The van der Waals surface area contributed by atoms with Crippen LogP contribution in [0.4, 0.5) is 16.8 Å². The van der Waals surface area contributed by atoms with Crippen molar-refractivity contribution >= 4 is 34.0 Å². The Morgan fingerprint density at radius 3 is 2.67 bits per heavy atom. The highest BCUT2D eigenvalue weighted by molar-refractivity contribution is 7.14. The fraction of sp³-hybridized carbons (Fsp3) is 0.0909. The van der Waals surface area contributed by atoms with E-state index in [1.807, 2.05) is 47.8 Å². The molecule has 0 bridgehead atoms. The van der Waals surface area contributed by atoms with E-state index < -0.39 is 0 Å². The molecule has 0 radical (unpaired) electrons. The number of anilines is 3. The monoisotopic (exact) mass is 417 g/mol. The maximum Gasteiger partial charge on any atom is 0.259 e. The SMILES string of the molecule is COc1cccc(NC(=O)c2cnc(Nc3nc(-c4ccccc4)cs3)nc2C)c1. The summed E-state index contributed by atoms with van der Waals surface area (Å²) in [5.41, 5.74) is 3.52. The first-order valence-electron chi connectivity index (χ1n) is 9.19. The van der Waals surface area contributed by atoms with Gasteiger partial charge in [-0.3, -0.25) is 4.79 Å². The highest BCUT2D eigenvalue weighted by Crippen LogP contribution is 2.26. The van der Waals surface area contributed by atoms with Gasteiger partial charge in [0.2, 0.25) is 5.95 Å². The molecule has 0 aliphatic rings. The number of aromatic nitrogens is 3. The number of nitrogens with one attached hydrogen (secondary N) is 2. The van der Waals surface area contributed by atoms with E-state index in [1.54, 1.807) is 26.2 Å². The van der Waals surface area contributed by atoms with Gasteiger partial charge < -0.3 is 15.4 Å². The van der Waals surface area contributed by atoms with Crippen molar-refractivity contribution in [1.29, 1.82) is 0 Å². The molecular formula is C22H19N5O2S. The summed E-state index contributed by atoms with van der Waals surface area (Å²) in [6.45, 7) is 1.77. The maximum atomic E-state index is 12.6. The molecule has 0 spiro atoms. The smallest absolute Gasteiger partial charge is 0.259 e. The number of carbonyl (C=O) groups is 1. The van der Waals surface area contributed by atoms with Crippen molar-refractivity contribution in [2.24, 2.45) is 0 Å². The van der Waals surface area contributed by atoms with Crippen molar-refractivity contribution in [3.05, 3.63) is 77.4 Å². The number of ether oxygens (including phenoxy) is 1. The van der Waals surface area contributed by atoms with Crippen LogP contribution < -0.4 is 15.4 Å². The summed E-state index contributed by atoms with van der Waals surface area (Å²) in [6, 6.07) is 17.1. The number of carbonyl (C=O) groups excluding carboxylic acids is 1. The highest BCUT2D eigenvalue weighted by atomic mass is 32.1. The van der Waals surface area contributed by atoms with E-state index >= 15 is 0 Å². The first-order valence-corrected chi connectivity index (χ1v) is 10.1. The maximum absolute atomic E-state index is 12.6. The van der Waals surface area contributed by atoms with E-state index in [0.717, 1.165) is 11.3 Å². The molecule has 2 aromatic carbocycles. The fourth-order valence-electron chi connectivity index (χ4n) is 2.82. The number of nitrogens with zero attached hydrogens (tertiary/aromatic N) is 3. The van der Waals surface area contributed by atoms with Gasteiger partial charge in [-0.15, -0.1) is 11.3 Å². The molecule has 0 saturated carbocycles. The van der Waals surface area contributed by atoms with Gasteiger partial charge in [-0.1, -0.05) is 36.4 Å². The Morgan fingerprint density at radius 1 is 1.07 bits per heavy atom. The number of hydrogen-bond acceptors (Lipinski definition) is 7. The van der Waals surface area contributed by atoms with Crippen LogP contribution in [0.3, 0.4) is 0 Å². The molecule has 8 heteroatoms. The van der Waals surface area contributed by atoms with Crippen LogP contribution in [-0.4, -0.2) is 28.0 Å². The van der Waals surface area contributed by atoms with Gasteiger partial charge in [0.15, 0.2) is 5.13 Å². The van der Waals surface area contributed by atoms with Crippen LogP contribution in [0.2, 0.25) is 0 Å². The lowest BCUT2D eigenvalue weighted by Gasteiger charge is -2.09. The van der Waals surface area contributed by atoms with E-state index in [4.69, 9.17) is 4.74 Å². The lowest BCUT2D eigenvalue weighted by molar-refractivity contribution is 0.102. The van der Waals surface area contributed by atoms with Gasteiger partial charge in [-0.25, -0.2) is 15.0 Å². The van der Waals surface area contributed by atoms with Gasteiger partial charge in [0.05, 0.1) is 24.1 Å². The van der Waals surface area contributed by atoms with Crippen LogP contribution in [0.15, 0.2) is 66.2 Å². The Morgan fingerprint density at radius 2 is 1.90 bits per heavy atom.